The molecule has 1 aliphatic carbocycles. The molecule has 0 aromatic heterocycles. The van der Waals surface area contributed by atoms with Gasteiger partial charge in [0.2, 0.25) is 0 Å². The van der Waals surface area contributed by atoms with Gasteiger partial charge >= 0.3 is 0 Å². The minimum Gasteiger partial charge on any atom is -0.313 e. The first-order chi connectivity index (χ1) is 6.95. The van der Waals surface area contributed by atoms with Gasteiger partial charge in [-0.05, 0) is 26.3 Å². The van der Waals surface area contributed by atoms with Crippen molar-refractivity contribution in [1.82, 2.24) is 5.32 Å². The zero-order valence-electron chi connectivity index (χ0n) is 9.32. The summed E-state index contributed by atoms with van der Waals surface area (Å²) in [5, 5.41) is 2.51. The molecular weight excluding hydrogens is 214 g/mol. The minimum absolute atomic E-state index is 0.0640. The summed E-state index contributed by atoms with van der Waals surface area (Å²) in [5.41, 5.74) is 0. The third-order valence-corrected chi connectivity index (χ3v) is 4.68. The Hall–Kier alpha value is -0.420. The lowest BCUT2D eigenvalue weighted by atomic mass is 9.86. The van der Waals surface area contributed by atoms with Crippen molar-refractivity contribution in [2.45, 2.75) is 30.9 Å². The van der Waals surface area contributed by atoms with Crippen LogP contribution in [-0.4, -0.2) is 39.3 Å². The topological polar surface area (TPSA) is 63.2 Å². The highest BCUT2D eigenvalue weighted by Crippen LogP contribution is 2.28. The Labute approximate surface area is 91.4 Å². The van der Waals surface area contributed by atoms with Crippen LogP contribution in [0.25, 0.3) is 0 Å². The smallest absolute Gasteiger partial charge is 0.150 e. The normalized spacial score (nSPS) is 27.6. The SMILES string of the molecule is CNCC(=O)C1CCCC(S(C)(=O)=O)C1. The van der Waals surface area contributed by atoms with Gasteiger partial charge in [0, 0.05) is 12.2 Å². The molecule has 1 fully saturated rings. The second-order valence-electron chi connectivity index (χ2n) is 4.31. The molecule has 0 aromatic rings. The molecule has 0 radical (unpaired) electrons. The Bertz CT molecular complexity index is 324. The number of ketones is 1. The summed E-state index contributed by atoms with van der Waals surface area (Å²) in [5.74, 6) is 0.0803. The third kappa shape index (κ3) is 3.57. The number of carbonyl (C=O) groups excluding carboxylic acids is 1. The van der Waals surface area contributed by atoms with Gasteiger partial charge in [0.25, 0.3) is 0 Å². The molecular formula is C10H19NO3S. The maximum Gasteiger partial charge on any atom is 0.150 e. The largest absolute Gasteiger partial charge is 0.313 e. The second kappa shape index (κ2) is 5.07. The Morgan fingerprint density at radius 3 is 2.60 bits per heavy atom. The van der Waals surface area contributed by atoms with Crippen molar-refractivity contribution in [3.8, 4) is 0 Å². The van der Waals surface area contributed by atoms with Crippen molar-refractivity contribution in [3.63, 3.8) is 0 Å². The maximum atomic E-state index is 11.6. The quantitative estimate of drug-likeness (QED) is 0.762. The molecule has 0 amide bonds. The van der Waals surface area contributed by atoms with Crippen molar-refractivity contribution in [1.29, 1.82) is 0 Å². The maximum absolute atomic E-state index is 11.6. The predicted molar refractivity (Wildman–Crippen MR) is 59.5 cm³/mol. The van der Waals surface area contributed by atoms with Crippen LogP contribution in [0, 0.1) is 5.92 Å². The van der Waals surface area contributed by atoms with Gasteiger partial charge in [-0.3, -0.25) is 4.79 Å². The lowest BCUT2D eigenvalue weighted by Crippen LogP contribution is -2.34. The molecule has 0 aliphatic heterocycles. The fraction of sp³-hybridized carbons (Fsp3) is 0.900. The molecule has 1 rings (SSSR count). The van der Waals surface area contributed by atoms with E-state index in [-0.39, 0.29) is 17.0 Å². The molecule has 1 aliphatic rings. The monoisotopic (exact) mass is 233 g/mol. The molecule has 0 saturated heterocycles. The average molecular weight is 233 g/mol. The van der Waals surface area contributed by atoms with Crippen molar-refractivity contribution in [2.75, 3.05) is 19.8 Å². The summed E-state index contributed by atoms with van der Waals surface area (Å²) in [6, 6.07) is 0. The van der Waals surface area contributed by atoms with E-state index in [0.29, 0.717) is 19.4 Å². The molecule has 15 heavy (non-hydrogen) atoms. The Balaban J connectivity index is 2.60. The zero-order valence-corrected chi connectivity index (χ0v) is 10.1. The highest BCUT2D eigenvalue weighted by Gasteiger charge is 2.31. The zero-order chi connectivity index (χ0) is 11.5. The summed E-state index contributed by atoms with van der Waals surface area (Å²) in [7, 11) is -1.25. The fourth-order valence-corrected chi connectivity index (χ4v) is 3.32. The van der Waals surface area contributed by atoms with E-state index in [0.717, 1.165) is 12.8 Å². The van der Waals surface area contributed by atoms with E-state index in [2.05, 4.69) is 5.32 Å². The van der Waals surface area contributed by atoms with Crippen molar-refractivity contribution < 1.29 is 13.2 Å². The lowest BCUT2D eigenvalue weighted by molar-refractivity contribution is -0.122. The Morgan fingerprint density at radius 1 is 1.40 bits per heavy atom. The predicted octanol–water partition coefficient (Wildman–Crippen LogP) is 0.378. The minimum atomic E-state index is -2.98. The molecule has 88 valence electrons. The Kier molecular flexibility index (Phi) is 4.28. The van der Waals surface area contributed by atoms with Crippen LogP contribution >= 0.6 is 0 Å². The van der Waals surface area contributed by atoms with Gasteiger partial charge in [0.1, 0.15) is 15.6 Å². The van der Waals surface area contributed by atoms with Gasteiger partial charge in [0.05, 0.1) is 11.8 Å². The number of nitrogens with one attached hydrogen (secondary N) is 1. The summed E-state index contributed by atoms with van der Waals surface area (Å²) in [6.07, 6.45) is 4.18. The van der Waals surface area contributed by atoms with E-state index in [1.165, 1.54) is 6.26 Å². The molecule has 1 N–H and O–H groups in total. The number of likely N-dealkylation sites (N-methyl/N-ethyl adjacent to an activating group) is 1. The first-order valence-corrected chi connectivity index (χ1v) is 7.26. The van der Waals surface area contributed by atoms with Crippen molar-refractivity contribution in [2.24, 2.45) is 5.92 Å². The summed E-state index contributed by atoms with van der Waals surface area (Å²) in [6.45, 7) is 0.348. The van der Waals surface area contributed by atoms with Gasteiger partial charge in [-0.1, -0.05) is 6.42 Å². The first kappa shape index (κ1) is 12.6. The number of Topliss-reactive ketones (excluding diaryl/α,β-unsaturated/α-hetero) is 1. The number of carbonyl (C=O) groups is 1. The van der Waals surface area contributed by atoms with Gasteiger partial charge in [-0.2, -0.15) is 0 Å². The van der Waals surface area contributed by atoms with Crippen LogP contribution in [0.15, 0.2) is 0 Å². The van der Waals surface area contributed by atoms with E-state index in [9.17, 15) is 13.2 Å². The summed E-state index contributed by atoms with van der Waals surface area (Å²) in [4.78, 5) is 11.6. The van der Waals surface area contributed by atoms with Crippen LogP contribution in [0.5, 0.6) is 0 Å². The van der Waals surface area contributed by atoms with E-state index in [1.54, 1.807) is 7.05 Å². The fourth-order valence-electron chi connectivity index (χ4n) is 2.14. The molecule has 2 unspecified atom stereocenters. The molecule has 0 aromatic carbocycles. The van der Waals surface area contributed by atoms with Crippen molar-refractivity contribution in [3.05, 3.63) is 0 Å². The van der Waals surface area contributed by atoms with Crippen LogP contribution in [-0.2, 0) is 14.6 Å². The van der Waals surface area contributed by atoms with Gasteiger partial charge < -0.3 is 5.32 Å². The van der Waals surface area contributed by atoms with Crippen LogP contribution in [0.1, 0.15) is 25.7 Å². The molecule has 5 heteroatoms. The number of hydrogen-bond acceptors (Lipinski definition) is 4. The summed E-state index contributed by atoms with van der Waals surface area (Å²) >= 11 is 0. The van der Waals surface area contributed by atoms with E-state index >= 15 is 0 Å². The number of hydrogen-bond donors (Lipinski definition) is 1. The number of sulfone groups is 1. The lowest BCUT2D eigenvalue weighted by Gasteiger charge is -2.26. The average Bonchev–Trinajstić information content (AvgIpc) is 2.17. The van der Waals surface area contributed by atoms with Gasteiger partial charge in [-0.25, -0.2) is 8.42 Å². The standard InChI is InChI=1S/C10H19NO3S/c1-11-7-10(12)8-4-3-5-9(6-8)15(2,13)14/h8-9,11H,3-7H2,1-2H3. The molecule has 0 heterocycles. The van der Waals surface area contributed by atoms with Gasteiger partial charge in [-0.15, -0.1) is 0 Å². The molecule has 0 bridgehead atoms. The molecule has 1 saturated carbocycles. The third-order valence-electron chi connectivity index (χ3n) is 3.04. The second-order valence-corrected chi connectivity index (χ2v) is 6.64. The van der Waals surface area contributed by atoms with E-state index in [1.807, 2.05) is 0 Å². The van der Waals surface area contributed by atoms with Crippen LogP contribution < -0.4 is 5.32 Å². The first-order valence-electron chi connectivity index (χ1n) is 5.31. The highest BCUT2D eigenvalue weighted by molar-refractivity contribution is 7.91. The highest BCUT2D eigenvalue weighted by atomic mass is 32.2. The van der Waals surface area contributed by atoms with Crippen LogP contribution in [0.4, 0.5) is 0 Å². The van der Waals surface area contributed by atoms with E-state index in [4.69, 9.17) is 0 Å². The van der Waals surface area contributed by atoms with Gasteiger partial charge in [0.15, 0.2) is 0 Å². The Morgan fingerprint density at radius 2 is 2.07 bits per heavy atom. The van der Waals surface area contributed by atoms with Crippen molar-refractivity contribution >= 4 is 15.6 Å². The molecule has 4 nitrogen and oxygen atoms in total. The molecule has 2 atom stereocenters. The molecule has 0 spiro atoms. The summed E-state index contributed by atoms with van der Waals surface area (Å²) < 4.78 is 22.8. The van der Waals surface area contributed by atoms with E-state index < -0.39 is 9.84 Å². The van der Waals surface area contributed by atoms with Crippen LogP contribution in [0.2, 0.25) is 0 Å². The number of rotatable bonds is 4. The van der Waals surface area contributed by atoms with Crippen LogP contribution in [0.3, 0.4) is 0 Å².